The van der Waals surface area contributed by atoms with Crippen LogP contribution in [0.1, 0.15) is 12.8 Å². The summed E-state index contributed by atoms with van der Waals surface area (Å²) in [6, 6.07) is 0. The first-order valence-corrected chi connectivity index (χ1v) is 5.54. The van der Waals surface area contributed by atoms with Gasteiger partial charge in [-0.15, -0.1) is 0 Å². The summed E-state index contributed by atoms with van der Waals surface area (Å²) in [6.07, 6.45) is 4.48. The molecular formula is C10H16ClN3O2. The summed E-state index contributed by atoms with van der Waals surface area (Å²) < 4.78 is 6.53. The van der Waals surface area contributed by atoms with Gasteiger partial charge in [-0.3, -0.25) is 9.48 Å². The molecule has 0 bridgehead atoms. The van der Waals surface area contributed by atoms with E-state index in [9.17, 15) is 4.79 Å². The Hall–Kier alpha value is -1.07. The molecule has 0 aromatic carbocycles. The van der Waals surface area contributed by atoms with Crippen molar-refractivity contribution in [2.24, 2.45) is 0 Å². The number of aromatic nitrogens is 2. The Labute approximate surface area is 99.7 Å². The van der Waals surface area contributed by atoms with Crippen LogP contribution in [-0.2, 0) is 16.1 Å². The van der Waals surface area contributed by atoms with Crippen molar-refractivity contribution in [3.63, 3.8) is 0 Å². The van der Waals surface area contributed by atoms with Gasteiger partial charge >= 0.3 is 0 Å². The molecule has 1 rings (SSSR count). The highest BCUT2D eigenvalue weighted by molar-refractivity contribution is 6.30. The van der Waals surface area contributed by atoms with E-state index in [2.05, 4.69) is 10.4 Å². The van der Waals surface area contributed by atoms with Gasteiger partial charge in [-0.2, -0.15) is 5.10 Å². The third-order valence-electron chi connectivity index (χ3n) is 2.02. The van der Waals surface area contributed by atoms with Crippen molar-refractivity contribution in [2.75, 3.05) is 20.3 Å². The van der Waals surface area contributed by atoms with Gasteiger partial charge in [0.05, 0.1) is 11.2 Å². The van der Waals surface area contributed by atoms with Crippen LogP contribution in [0.2, 0.25) is 5.02 Å². The van der Waals surface area contributed by atoms with Crippen molar-refractivity contribution in [1.82, 2.24) is 15.1 Å². The predicted octanol–water partition coefficient (Wildman–Crippen LogP) is 1.08. The zero-order valence-corrected chi connectivity index (χ0v) is 10.0. The van der Waals surface area contributed by atoms with Crippen molar-refractivity contribution in [2.45, 2.75) is 19.4 Å². The van der Waals surface area contributed by atoms with Gasteiger partial charge in [-0.1, -0.05) is 11.6 Å². The average Bonchev–Trinajstić information content (AvgIpc) is 2.68. The molecule has 0 radical (unpaired) electrons. The quantitative estimate of drug-likeness (QED) is 0.732. The maximum atomic E-state index is 11.4. The number of carbonyl (C=O) groups is 1. The summed E-state index contributed by atoms with van der Waals surface area (Å²) >= 11 is 5.70. The van der Waals surface area contributed by atoms with Crippen LogP contribution in [-0.4, -0.2) is 35.9 Å². The Kier molecular flexibility index (Phi) is 5.88. The maximum Gasteiger partial charge on any atom is 0.221 e. The molecule has 0 fully saturated rings. The number of rotatable bonds is 7. The smallest absolute Gasteiger partial charge is 0.221 e. The van der Waals surface area contributed by atoms with E-state index in [1.54, 1.807) is 24.2 Å². The largest absolute Gasteiger partial charge is 0.385 e. The molecule has 0 unspecified atom stereocenters. The first-order valence-electron chi connectivity index (χ1n) is 5.16. The minimum atomic E-state index is 0.0164. The lowest BCUT2D eigenvalue weighted by molar-refractivity contribution is -0.121. The van der Waals surface area contributed by atoms with Crippen LogP contribution < -0.4 is 5.32 Å². The number of amides is 1. The van der Waals surface area contributed by atoms with E-state index in [-0.39, 0.29) is 5.91 Å². The van der Waals surface area contributed by atoms with E-state index >= 15 is 0 Å². The molecule has 0 atom stereocenters. The Bertz CT molecular complexity index is 328. The zero-order chi connectivity index (χ0) is 11.8. The SMILES string of the molecule is COCCCNC(=O)CCn1cc(Cl)cn1. The van der Waals surface area contributed by atoms with Gasteiger partial charge in [0.1, 0.15) is 0 Å². The first kappa shape index (κ1) is 13.0. The number of carbonyl (C=O) groups excluding carboxylic acids is 1. The molecule has 1 amide bonds. The van der Waals surface area contributed by atoms with Crippen molar-refractivity contribution >= 4 is 17.5 Å². The number of nitrogens with zero attached hydrogens (tertiary/aromatic N) is 2. The van der Waals surface area contributed by atoms with Gasteiger partial charge in [0.15, 0.2) is 0 Å². The number of hydrogen-bond acceptors (Lipinski definition) is 3. The summed E-state index contributed by atoms with van der Waals surface area (Å²) in [5, 5.41) is 7.37. The molecule has 0 aliphatic heterocycles. The topological polar surface area (TPSA) is 56.1 Å². The van der Waals surface area contributed by atoms with Crippen LogP contribution in [0, 0.1) is 0 Å². The van der Waals surface area contributed by atoms with Gasteiger partial charge < -0.3 is 10.1 Å². The summed E-state index contributed by atoms with van der Waals surface area (Å²) in [7, 11) is 1.64. The van der Waals surface area contributed by atoms with Crippen molar-refractivity contribution in [3.8, 4) is 0 Å². The molecule has 0 saturated carbocycles. The zero-order valence-electron chi connectivity index (χ0n) is 9.28. The fourth-order valence-corrected chi connectivity index (χ4v) is 1.37. The Morgan fingerprint density at radius 3 is 3.12 bits per heavy atom. The van der Waals surface area contributed by atoms with Crippen LogP contribution in [0.4, 0.5) is 0 Å². The maximum absolute atomic E-state index is 11.4. The van der Waals surface area contributed by atoms with Crippen molar-refractivity contribution < 1.29 is 9.53 Å². The lowest BCUT2D eigenvalue weighted by Crippen LogP contribution is -2.26. The highest BCUT2D eigenvalue weighted by Crippen LogP contribution is 2.04. The summed E-state index contributed by atoms with van der Waals surface area (Å²) in [4.78, 5) is 11.4. The molecule has 90 valence electrons. The number of methoxy groups -OCH3 is 1. The molecule has 0 aliphatic rings. The van der Waals surface area contributed by atoms with E-state index in [0.717, 1.165) is 6.42 Å². The fourth-order valence-electron chi connectivity index (χ4n) is 1.21. The van der Waals surface area contributed by atoms with Crippen LogP contribution >= 0.6 is 11.6 Å². The van der Waals surface area contributed by atoms with Crippen LogP contribution in [0.25, 0.3) is 0 Å². The predicted molar refractivity (Wildman–Crippen MR) is 61.4 cm³/mol. The molecule has 16 heavy (non-hydrogen) atoms. The second kappa shape index (κ2) is 7.24. The van der Waals surface area contributed by atoms with E-state index in [1.165, 1.54) is 0 Å². The molecule has 1 heterocycles. The molecule has 1 aromatic heterocycles. The Morgan fingerprint density at radius 1 is 1.69 bits per heavy atom. The second-order valence-electron chi connectivity index (χ2n) is 3.37. The third kappa shape index (κ3) is 5.14. The van der Waals surface area contributed by atoms with Gasteiger partial charge in [-0.25, -0.2) is 0 Å². The molecule has 1 N–H and O–H groups in total. The number of ether oxygens (including phenoxy) is 1. The van der Waals surface area contributed by atoms with Crippen LogP contribution in [0.3, 0.4) is 0 Å². The lowest BCUT2D eigenvalue weighted by Gasteiger charge is -2.04. The number of hydrogen-bond donors (Lipinski definition) is 1. The summed E-state index contributed by atoms with van der Waals surface area (Å²) in [6.45, 7) is 1.85. The van der Waals surface area contributed by atoms with Gasteiger partial charge in [0.25, 0.3) is 0 Å². The molecule has 0 spiro atoms. The third-order valence-corrected chi connectivity index (χ3v) is 2.21. The second-order valence-corrected chi connectivity index (χ2v) is 3.80. The van der Waals surface area contributed by atoms with E-state index in [0.29, 0.717) is 31.1 Å². The molecule has 6 heteroatoms. The average molecular weight is 246 g/mol. The van der Waals surface area contributed by atoms with Crippen molar-refractivity contribution in [1.29, 1.82) is 0 Å². The first-order chi connectivity index (χ1) is 7.72. The monoisotopic (exact) mass is 245 g/mol. The Morgan fingerprint density at radius 2 is 2.50 bits per heavy atom. The minimum absolute atomic E-state index is 0.0164. The number of halogens is 1. The van der Waals surface area contributed by atoms with E-state index in [1.807, 2.05) is 0 Å². The van der Waals surface area contributed by atoms with Crippen LogP contribution in [0.15, 0.2) is 12.4 Å². The molecular weight excluding hydrogens is 230 g/mol. The number of nitrogens with one attached hydrogen (secondary N) is 1. The molecule has 5 nitrogen and oxygen atoms in total. The Balaban J connectivity index is 2.10. The number of aryl methyl sites for hydroxylation is 1. The van der Waals surface area contributed by atoms with Gasteiger partial charge in [-0.05, 0) is 6.42 Å². The highest BCUT2D eigenvalue weighted by atomic mass is 35.5. The van der Waals surface area contributed by atoms with E-state index in [4.69, 9.17) is 16.3 Å². The molecule has 0 aliphatic carbocycles. The van der Waals surface area contributed by atoms with Crippen molar-refractivity contribution in [3.05, 3.63) is 17.4 Å². The standard InChI is InChI=1S/C10H16ClN3O2/c1-16-6-2-4-12-10(15)3-5-14-8-9(11)7-13-14/h7-8H,2-6H2,1H3,(H,12,15). The van der Waals surface area contributed by atoms with Crippen LogP contribution in [0.5, 0.6) is 0 Å². The van der Waals surface area contributed by atoms with Gasteiger partial charge in [0, 0.05) is 39.4 Å². The normalized spacial score (nSPS) is 10.4. The molecule has 1 aromatic rings. The lowest BCUT2D eigenvalue weighted by atomic mass is 10.3. The summed E-state index contributed by atoms with van der Waals surface area (Å²) in [5.41, 5.74) is 0. The van der Waals surface area contributed by atoms with Gasteiger partial charge in [0.2, 0.25) is 5.91 Å². The fraction of sp³-hybridized carbons (Fsp3) is 0.600. The minimum Gasteiger partial charge on any atom is -0.385 e. The molecule has 0 saturated heterocycles. The summed E-state index contributed by atoms with van der Waals surface area (Å²) in [5.74, 6) is 0.0164. The highest BCUT2D eigenvalue weighted by Gasteiger charge is 2.02. The van der Waals surface area contributed by atoms with E-state index < -0.39 is 0 Å².